The van der Waals surface area contributed by atoms with Gasteiger partial charge in [0.25, 0.3) is 0 Å². The average molecular weight is 467 g/mol. The Morgan fingerprint density at radius 3 is 2.39 bits per heavy atom. The molecule has 0 radical (unpaired) electrons. The van der Waals surface area contributed by atoms with Crippen LogP contribution in [0, 0.1) is 0 Å². The van der Waals surface area contributed by atoms with Gasteiger partial charge in [-0.15, -0.1) is 0 Å². The summed E-state index contributed by atoms with van der Waals surface area (Å²) in [5.74, 6) is 0.424. The van der Waals surface area contributed by atoms with E-state index in [9.17, 15) is 9.59 Å². The SMILES string of the molecule is COc1cccc(C(=O)Oc2c(-c3ccc(OC)c(OC)c3)oc3ccc(Cl)cc3c2=O)c1. The van der Waals surface area contributed by atoms with E-state index < -0.39 is 11.4 Å². The number of ether oxygens (including phenoxy) is 4. The number of rotatable bonds is 6. The highest BCUT2D eigenvalue weighted by atomic mass is 35.5. The van der Waals surface area contributed by atoms with E-state index in [1.54, 1.807) is 48.5 Å². The molecule has 0 atom stereocenters. The second kappa shape index (κ2) is 9.26. The van der Waals surface area contributed by atoms with Gasteiger partial charge in [0.05, 0.1) is 32.3 Å². The van der Waals surface area contributed by atoms with Crippen molar-refractivity contribution in [1.29, 1.82) is 0 Å². The van der Waals surface area contributed by atoms with Gasteiger partial charge in [-0.1, -0.05) is 17.7 Å². The molecule has 1 aromatic heterocycles. The lowest BCUT2D eigenvalue weighted by atomic mass is 10.1. The minimum Gasteiger partial charge on any atom is -0.497 e. The lowest BCUT2D eigenvalue weighted by Gasteiger charge is -2.13. The van der Waals surface area contributed by atoms with Crippen molar-refractivity contribution < 1.29 is 28.2 Å². The van der Waals surface area contributed by atoms with Gasteiger partial charge in [-0.2, -0.15) is 0 Å². The molecule has 4 aromatic rings. The number of carbonyl (C=O) groups is 1. The van der Waals surface area contributed by atoms with Crippen LogP contribution >= 0.6 is 11.6 Å². The van der Waals surface area contributed by atoms with Crippen LogP contribution in [0.3, 0.4) is 0 Å². The van der Waals surface area contributed by atoms with Crippen molar-refractivity contribution in [2.75, 3.05) is 21.3 Å². The van der Waals surface area contributed by atoms with Crippen LogP contribution in [0.1, 0.15) is 10.4 Å². The van der Waals surface area contributed by atoms with Crippen molar-refractivity contribution in [3.05, 3.63) is 81.5 Å². The van der Waals surface area contributed by atoms with Gasteiger partial charge in [-0.25, -0.2) is 4.79 Å². The minimum absolute atomic E-state index is 0.0621. The molecule has 3 aromatic carbocycles. The maximum absolute atomic E-state index is 13.4. The molecular weight excluding hydrogens is 448 g/mol. The van der Waals surface area contributed by atoms with E-state index in [-0.39, 0.29) is 28.0 Å². The molecule has 0 unspecified atom stereocenters. The second-order valence-electron chi connectivity index (χ2n) is 6.92. The second-order valence-corrected chi connectivity index (χ2v) is 7.36. The molecule has 0 amide bonds. The number of halogens is 1. The molecule has 7 nitrogen and oxygen atoms in total. The van der Waals surface area contributed by atoms with Crippen molar-refractivity contribution >= 4 is 28.5 Å². The highest BCUT2D eigenvalue weighted by Gasteiger charge is 2.23. The van der Waals surface area contributed by atoms with E-state index >= 15 is 0 Å². The van der Waals surface area contributed by atoms with Crippen LogP contribution in [-0.4, -0.2) is 27.3 Å². The van der Waals surface area contributed by atoms with Crippen LogP contribution in [0.15, 0.2) is 69.9 Å². The summed E-state index contributed by atoms with van der Waals surface area (Å²) in [6.45, 7) is 0. The molecule has 33 heavy (non-hydrogen) atoms. The Morgan fingerprint density at radius 1 is 0.879 bits per heavy atom. The van der Waals surface area contributed by atoms with E-state index in [1.165, 1.54) is 33.5 Å². The smallest absolute Gasteiger partial charge is 0.343 e. The summed E-state index contributed by atoms with van der Waals surface area (Å²) >= 11 is 6.08. The number of esters is 1. The molecule has 168 valence electrons. The summed E-state index contributed by atoms with van der Waals surface area (Å²) in [5.41, 5.74) is 0.406. The molecule has 0 fully saturated rings. The van der Waals surface area contributed by atoms with Gasteiger partial charge in [-0.05, 0) is 54.6 Å². The van der Waals surface area contributed by atoms with Crippen molar-refractivity contribution in [1.82, 2.24) is 0 Å². The number of fused-ring (bicyclic) bond motifs is 1. The Morgan fingerprint density at radius 2 is 1.67 bits per heavy atom. The molecule has 4 rings (SSSR count). The Balaban J connectivity index is 1.90. The molecule has 8 heteroatoms. The molecule has 0 bridgehead atoms. The molecule has 0 spiro atoms. The Kier molecular flexibility index (Phi) is 6.24. The zero-order valence-corrected chi connectivity index (χ0v) is 18.8. The highest BCUT2D eigenvalue weighted by molar-refractivity contribution is 6.31. The number of methoxy groups -OCH3 is 3. The Hall–Kier alpha value is -3.97. The van der Waals surface area contributed by atoms with Gasteiger partial charge < -0.3 is 23.4 Å². The summed E-state index contributed by atoms with van der Waals surface area (Å²) < 4.78 is 27.4. The van der Waals surface area contributed by atoms with Gasteiger partial charge in [0, 0.05) is 10.6 Å². The molecule has 1 heterocycles. The summed E-state index contributed by atoms with van der Waals surface area (Å²) in [6.07, 6.45) is 0. The normalized spacial score (nSPS) is 10.7. The third-order valence-corrected chi connectivity index (χ3v) is 5.19. The summed E-state index contributed by atoms with van der Waals surface area (Å²) in [5, 5.41) is 0.527. The third kappa shape index (κ3) is 4.36. The molecule has 0 aliphatic heterocycles. The van der Waals surface area contributed by atoms with Gasteiger partial charge in [0.15, 0.2) is 17.3 Å². The highest BCUT2D eigenvalue weighted by Crippen LogP contribution is 2.37. The Bertz CT molecular complexity index is 1410. The predicted molar refractivity (Wildman–Crippen MR) is 124 cm³/mol. The zero-order chi connectivity index (χ0) is 23.5. The standard InChI is InChI=1S/C25H19ClO7/c1-29-17-6-4-5-15(11-17)25(28)33-24-22(27)18-13-16(26)8-10-19(18)32-23(24)14-7-9-20(30-2)21(12-14)31-3/h4-13H,1-3H3. The minimum atomic E-state index is -0.746. The van der Waals surface area contributed by atoms with Gasteiger partial charge in [-0.3, -0.25) is 4.79 Å². The van der Waals surface area contributed by atoms with Crippen molar-refractivity contribution in [3.63, 3.8) is 0 Å². The number of carbonyl (C=O) groups excluding carboxylic acids is 1. The predicted octanol–water partition coefficient (Wildman–Crippen LogP) is 5.36. The van der Waals surface area contributed by atoms with Crippen LogP contribution in [-0.2, 0) is 0 Å². The van der Waals surface area contributed by atoms with Crippen LogP contribution in [0.5, 0.6) is 23.0 Å². The van der Waals surface area contributed by atoms with E-state index in [0.29, 0.717) is 27.8 Å². The third-order valence-electron chi connectivity index (χ3n) is 4.96. The molecule has 0 aliphatic carbocycles. The maximum Gasteiger partial charge on any atom is 0.343 e. The first kappa shape index (κ1) is 22.2. The molecular formula is C25H19ClO7. The topological polar surface area (TPSA) is 84.2 Å². The number of hydrogen-bond donors (Lipinski definition) is 0. The first-order valence-electron chi connectivity index (χ1n) is 9.80. The van der Waals surface area contributed by atoms with Gasteiger partial charge in [0.1, 0.15) is 11.3 Å². The molecule has 0 saturated heterocycles. The molecule has 0 aliphatic rings. The van der Waals surface area contributed by atoms with E-state index in [4.69, 9.17) is 35.0 Å². The van der Waals surface area contributed by atoms with Crippen LogP contribution in [0.2, 0.25) is 5.02 Å². The van der Waals surface area contributed by atoms with Crippen LogP contribution < -0.4 is 24.4 Å². The first-order chi connectivity index (χ1) is 15.9. The summed E-state index contributed by atoms with van der Waals surface area (Å²) in [4.78, 5) is 26.3. The van der Waals surface area contributed by atoms with Crippen LogP contribution in [0.25, 0.3) is 22.3 Å². The monoisotopic (exact) mass is 466 g/mol. The molecule has 0 N–H and O–H groups in total. The van der Waals surface area contributed by atoms with Crippen molar-refractivity contribution in [3.8, 4) is 34.3 Å². The van der Waals surface area contributed by atoms with Gasteiger partial charge in [0.2, 0.25) is 11.2 Å². The fraction of sp³-hybridized carbons (Fsp3) is 0.120. The van der Waals surface area contributed by atoms with Crippen molar-refractivity contribution in [2.45, 2.75) is 0 Å². The summed E-state index contributed by atoms with van der Waals surface area (Å²) in [7, 11) is 4.49. The molecule has 0 saturated carbocycles. The van der Waals surface area contributed by atoms with Gasteiger partial charge >= 0.3 is 5.97 Å². The quantitative estimate of drug-likeness (QED) is 0.354. The van der Waals surface area contributed by atoms with Crippen LogP contribution in [0.4, 0.5) is 0 Å². The fourth-order valence-corrected chi connectivity index (χ4v) is 3.48. The zero-order valence-electron chi connectivity index (χ0n) is 18.0. The lowest BCUT2D eigenvalue weighted by Crippen LogP contribution is -2.16. The van der Waals surface area contributed by atoms with E-state index in [0.717, 1.165) is 0 Å². The number of hydrogen-bond acceptors (Lipinski definition) is 7. The first-order valence-corrected chi connectivity index (χ1v) is 10.2. The number of benzene rings is 3. The fourth-order valence-electron chi connectivity index (χ4n) is 3.31. The van der Waals surface area contributed by atoms with E-state index in [1.807, 2.05) is 0 Å². The van der Waals surface area contributed by atoms with Crippen molar-refractivity contribution in [2.24, 2.45) is 0 Å². The maximum atomic E-state index is 13.4. The lowest BCUT2D eigenvalue weighted by molar-refractivity contribution is 0.0731. The largest absolute Gasteiger partial charge is 0.497 e. The van der Waals surface area contributed by atoms with E-state index in [2.05, 4.69) is 0 Å². The average Bonchev–Trinajstić information content (AvgIpc) is 2.85. The summed E-state index contributed by atoms with van der Waals surface area (Å²) in [6, 6.07) is 16.0. The Labute approximate surface area is 194 Å².